The van der Waals surface area contributed by atoms with E-state index in [0.717, 1.165) is 10.5 Å². The summed E-state index contributed by atoms with van der Waals surface area (Å²) in [5.41, 5.74) is 4.99. The Bertz CT molecular complexity index is 669. The molecule has 0 aliphatic heterocycles. The van der Waals surface area contributed by atoms with Crippen LogP contribution in [0.4, 0.5) is 4.39 Å². The highest BCUT2D eigenvalue weighted by Gasteiger charge is 2.12. The number of hydrazine groups is 1. The van der Waals surface area contributed by atoms with Gasteiger partial charge in [0.05, 0.1) is 0 Å². The molecule has 0 saturated carbocycles. The number of aromatic nitrogens is 1. The number of hydrogen-bond acceptors (Lipinski definition) is 2. The maximum atomic E-state index is 13.0. The Morgan fingerprint density at radius 2 is 1.90 bits per heavy atom. The summed E-state index contributed by atoms with van der Waals surface area (Å²) < 4.78 is 15.3. The predicted octanol–water partition coefficient (Wildman–Crippen LogP) is 2.00. The molecule has 2 rings (SSSR count). The van der Waals surface area contributed by atoms with Gasteiger partial charge in [0.2, 0.25) is 0 Å². The first kappa shape index (κ1) is 14.3. The highest BCUT2D eigenvalue weighted by Crippen LogP contribution is 2.13. The Hall–Kier alpha value is -2.15. The van der Waals surface area contributed by atoms with Gasteiger partial charge in [-0.25, -0.2) is 4.39 Å². The third-order valence-corrected chi connectivity index (χ3v) is 3.01. The molecule has 0 saturated heterocycles. The van der Waals surface area contributed by atoms with Gasteiger partial charge in [0.1, 0.15) is 11.5 Å². The first-order valence-electron chi connectivity index (χ1n) is 5.65. The van der Waals surface area contributed by atoms with Crippen molar-refractivity contribution in [2.24, 2.45) is 7.05 Å². The molecule has 0 spiro atoms. The van der Waals surface area contributed by atoms with E-state index in [1.54, 1.807) is 23.9 Å². The maximum absolute atomic E-state index is 13.0. The summed E-state index contributed by atoms with van der Waals surface area (Å²) in [5, 5.41) is 0. The van der Waals surface area contributed by atoms with Gasteiger partial charge >= 0.3 is 0 Å². The standard InChI is InChI=1S/C13H11BrFN3O2/c1-18-7-9(14)6-11(18)13(20)17-16-12(19)8-3-2-4-10(15)5-8/h2-7H,1H3,(H,16,19)(H,17,20). The molecule has 1 aromatic carbocycles. The van der Waals surface area contributed by atoms with E-state index < -0.39 is 17.6 Å². The molecular weight excluding hydrogens is 329 g/mol. The van der Waals surface area contributed by atoms with Crippen LogP contribution in [-0.2, 0) is 7.05 Å². The lowest BCUT2D eigenvalue weighted by Crippen LogP contribution is -2.42. The third-order valence-electron chi connectivity index (χ3n) is 2.58. The van der Waals surface area contributed by atoms with Crippen molar-refractivity contribution in [1.29, 1.82) is 0 Å². The van der Waals surface area contributed by atoms with Crippen molar-refractivity contribution in [2.75, 3.05) is 0 Å². The summed E-state index contributed by atoms with van der Waals surface area (Å²) >= 11 is 3.25. The van der Waals surface area contributed by atoms with Gasteiger partial charge in [0.25, 0.3) is 11.8 Å². The molecule has 2 N–H and O–H groups in total. The molecule has 0 aliphatic rings. The molecule has 0 bridgehead atoms. The molecule has 1 aromatic heterocycles. The Morgan fingerprint density at radius 3 is 2.50 bits per heavy atom. The fraction of sp³-hybridized carbons (Fsp3) is 0.0769. The minimum absolute atomic E-state index is 0.123. The number of halogens is 2. The van der Waals surface area contributed by atoms with E-state index in [4.69, 9.17) is 0 Å². The Labute approximate surface area is 122 Å². The predicted molar refractivity (Wildman–Crippen MR) is 74.4 cm³/mol. The van der Waals surface area contributed by atoms with E-state index >= 15 is 0 Å². The van der Waals surface area contributed by atoms with E-state index in [-0.39, 0.29) is 5.56 Å². The zero-order chi connectivity index (χ0) is 14.7. The molecule has 1 heterocycles. The largest absolute Gasteiger partial charge is 0.345 e. The number of carbonyl (C=O) groups is 2. The van der Waals surface area contributed by atoms with Gasteiger partial charge in [0, 0.05) is 23.3 Å². The van der Waals surface area contributed by atoms with Crippen LogP contribution in [0.3, 0.4) is 0 Å². The molecule has 2 amide bonds. The molecule has 2 aromatic rings. The van der Waals surface area contributed by atoms with Crippen LogP contribution in [0, 0.1) is 5.82 Å². The van der Waals surface area contributed by atoms with Crippen molar-refractivity contribution in [2.45, 2.75) is 0 Å². The van der Waals surface area contributed by atoms with Crippen LogP contribution in [0.15, 0.2) is 41.0 Å². The second-order valence-corrected chi connectivity index (χ2v) is 4.99. The lowest BCUT2D eigenvalue weighted by molar-refractivity contribution is 0.0842. The second kappa shape index (κ2) is 5.87. The maximum Gasteiger partial charge on any atom is 0.286 e. The van der Waals surface area contributed by atoms with Gasteiger partial charge in [-0.1, -0.05) is 6.07 Å². The van der Waals surface area contributed by atoms with E-state index in [1.807, 2.05) is 0 Å². The number of carbonyl (C=O) groups excluding carboxylic acids is 2. The second-order valence-electron chi connectivity index (χ2n) is 4.07. The van der Waals surface area contributed by atoms with Gasteiger partial charge in [-0.3, -0.25) is 20.4 Å². The average molecular weight is 340 g/mol. The van der Waals surface area contributed by atoms with Gasteiger partial charge in [0.15, 0.2) is 0 Å². The molecule has 0 aliphatic carbocycles. The molecular formula is C13H11BrFN3O2. The quantitative estimate of drug-likeness (QED) is 0.822. The zero-order valence-corrected chi connectivity index (χ0v) is 12.1. The van der Waals surface area contributed by atoms with Crippen LogP contribution in [0.25, 0.3) is 0 Å². The molecule has 0 radical (unpaired) electrons. The number of rotatable bonds is 2. The van der Waals surface area contributed by atoms with Crippen LogP contribution in [0.1, 0.15) is 20.8 Å². The van der Waals surface area contributed by atoms with Crippen LogP contribution < -0.4 is 10.9 Å². The number of nitrogens with zero attached hydrogens (tertiary/aromatic N) is 1. The number of benzene rings is 1. The average Bonchev–Trinajstić information content (AvgIpc) is 2.74. The van der Waals surface area contributed by atoms with Crippen molar-refractivity contribution in [3.05, 3.63) is 58.1 Å². The lowest BCUT2D eigenvalue weighted by Gasteiger charge is -2.07. The Morgan fingerprint density at radius 1 is 1.20 bits per heavy atom. The smallest absolute Gasteiger partial charge is 0.286 e. The first-order chi connectivity index (χ1) is 9.47. The van der Waals surface area contributed by atoms with Crippen LogP contribution in [0.2, 0.25) is 0 Å². The third kappa shape index (κ3) is 3.24. The molecule has 0 fully saturated rings. The van der Waals surface area contributed by atoms with Crippen molar-refractivity contribution in [3.8, 4) is 0 Å². The topological polar surface area (TPSA) is 63.1 Å². The van der Waals surface area contributed by atoms with Gasteiger partial charge < -0.3 is 4.57 Å². The van der Waals surface area contributed by atoms with Crippen LogP contribution >= 0.6 is 15.9 Å². The number of amides is 2. The van der Waals surface area contributed by atoms with Crippen LogP contribution in [0.5, 0.6) is 0 Å². The number of nitrogens with one attached hydrogen (secondary N) is 2. The minimum atomic E-state index is -0.592. The zero-order valence-electron chi connectivity index (χ0n) is 10.5. The highest BCUT2D eigenvalue weighted by atomic mass is 79.9. The molecule has 7 heteroatoms. The normalized spacial score (nSPS) is 10.2. The van der Waals surface area contributed by atoms with E-state index in [0.29, 0.717) is 5.69 Å². The van der Waals surface area contributed by atoms with Crippen molar-refractivity contribution >= 4 is 27.7 Å². The van der Waals surface area contributed by atoms with E-state index in [2.05, 4.69) is 26.8 Å². The van der Waals surface area contributed by atoms with Crippen molar-refractivity contribution in [3.63, 3.8) is 0 Å². The molecule has 0 unspecified atom stereocenters. The summed E-state index contributed by atoms with van der Waals surface area (Å²) in [7, 11) is 1.70. The Balaban J connectivity index is 2.00. The summed E-state index contributed by atoms with van der Waals surface area (Å²) in [6, 6.07) is 6.80. The molecule has 20 heavy (non-hydrogen) atoms. The fourth-order valence-electron chi connectivity index (χ4n) is 1.63. The van der Waals surface area contributed by atoms with Crippen molar-refractivity contribution < 1.29 is 14.0 Å². The summed E-state index contributed by atoms with van der Waals surface area (Å²) in [6.45, 7) is 0. The lowest BCUT2D eigenvalue weighted by atomic mass is 10.2. The summed E-state index contributed by atoms with van der Waals surface area (Å²) in [5.74, 6) is -1.58. The summed E-state index contributed by atoms with van der Waals surface area (Å²) in [4.78, 5) is 23.6. The van der Waals surface area contributed by atoms with Gasteiger partial charge in [-0.15, -0.1) is 0 Å². The first-order valence-corrected chi connectivity index (χ1v) is 6.45. The number of hydrogen-bond donors (Lipinski definition) is 2. The molecule has 0 atom stereocenters. The fourth-order valence-corrected chi connectivity index (χ4v) is 2.15. The molecule has 5 nitrogen and oxygen atoms in total. The monoisotopic (exact) mass is 339 g/mol. The molecule has 104 valence electrons. The highest BCUT2D eigenvalue weighted by molar-refractivity contribution is 9.10. The van der Waals surface area contributed by atoms with Gasteiger partial charge in [-0.2, -0.15) is 0 Å². The van der Waals surface area contributed by atoms with Crippen LogP contribution in [-0.4, -0.2) is 16.4 Å². The van der Waals surface area contributed by atoms with E-state index in [9.17, 15) is 14.0 Å². The minimum Gasteiger partial charge on any atom is -0.345 e. The van der Waals surface area contributed by atoms with Crippen molar-refractivity contribution in [1.82, 2.24) is 15.4 Å². The summed E-state index contributed by atoms with van der Waals surface area (Å²) in [6.07, 6.45) is 1.71. The SMILES string of the molecule is Cn1cc(Br)cc1C(=O)NNC(=O)c1cccc(F)c1. The Kier molecular flexibility index (Phi) is 4.19. The number of aryl methyl sites for hydroxylation is 1. The van der Waals surface area contributed by atoms with E-state index in [1.165, 1.54) is 18.2 Å². The van der Waals surface area contributed by atoms with Gasteiger partial charge in [-0.05, 0) is 40.2 Å².